The van der Waals surface area contributed by atoms with Crippen molar-refractivity contribution < 1.29 is 14.6 Å². The van der Waals surface area contributed by atoms with Crippen LogP contribution in [-0.2, 0) is 6.54 Å². The van der Waals surface area contributed by atoms with Crippen molar-refractivity contribution >= 4 is 15.9 Å². The first-order valence-corrected chi connectivity index (χ1v) is 6.67. The first-order chi connectivity index (χ1) is 8.58. The zero-order chi connectivity index (χ0) is 13.5. The predicted molar refractivity (Wildman–Crippen MR) is 75.3 cm³/mol. The molecule has 0 bridgehead atoms. The summed E-state index contributed by atoms with van der Waals surface area (Å²) in [7, 11) is 3.24. The Balaban J connectivity index is 2.65. The average Bonchev–Trinajstić information content (AvgIpc) is 2.35. The molecular formula is C13H20BrNO3. The van der Waals surface area contributed by atoms with Crippen LogP contribution in [0.2, 0.25) is 0 Å². The van der Waals surface area contributed by atoms with E-state index >= 15 is 0 Å². The summed E-state index contributed by atoms with van der Waals surface area (Å²) in [5, 5.41) is 12.4. The highest BCUT2D eigenvalue weighted by atomic mass is 79.9. The summed E-state index contributed by atoms with van der Waals surface area (Å²) in [5.41, 5.74) is 1.10. The monoisotopic (exact) mass is 317 g/mol. The van der Waals surface area contributed by atoms with Gasteiger partial charge in [-0.25, -0.2) is 0 Å². The highest BCUT2D eigenvalue weighted by Gasteiger charge is 2.09. The summed E-state index contributed by atoms with van der Waals surface area (Å²) in [5.74, 6) is 1.42. The Morgan fingerprint density at radius 3 is 2.44 bits per heavy atom. The Labute approximate surface area is 116 Å². The molecule has 102 valence electrons. The van der Waals surface area contributed by atoms with Gasteiger partial charge in [0, 0.05) is 11.0 Å². The van der Waals surface area contributed by atoms with Crippen molar-refractivity contribution in [3.63, 3.8) is 0 Å². The van der Waals surface area contributed by atoms with Crippen LogP contribution in [0.25, 0.3) is 0 Å². The van der Waals surface area contributed by atoms with Gasteiger partial charge in [0.05, 0.1) is 20.3 Å². The van der Waals surface area contributed by atoms with Crippen molar-refractivity contribution in [1.82, 2.24) is 5.32 Å². The van der Waals surface area contributed by atoms with E-state index in [0.717, 1.165) is 23.0 Å². The molecule has 0 aliphatic heterocycles. The van der Waals surface area contributed by atoms with Gasteiger partial charge < -0.3 is 19.9 Å². The molecule has 0 saturated heterocycles. The van der Waals surface area contributed by atoms with Gasteiger partial charge >= 0.3 is 0 Å². The minimum atomic E-state index is -0.272. The van der Waals surface area contributed by atoms with Gasteiger partial charge in [-0.3, -0.25) is 0 Å². The third-order valence-corrected chi connectivity index (χ3v) is 3.35. The summed E-state index contributed by atoms with van der Waals surface area (Å²) in [6, 6.07) is 3.84. The van der Waals surface area contributed by atoms with Crippen LogP contribution in [0.15, 0.2) is 16.6 Å². The summed E-state index contributed by atoms with van der Waals surface area (Å²) in [4.78, 5) is 0. The van der Waals surface area contributed by atoms with Crippen molar-refractivity contribution in [1.29, 1.82) is 0 Å². The molecule has 0 fully saturated rings. The van der Waals surface area contributed by atoms with Gasteiger partial charge in [0.2, 0.25) is 0 Å². The first kappa shape index (κ1) is 15.3. The van der Waals surface area contributed by atoms with Crippen LogP contribution in [-0.4, -0.2) is 32.0 Å². The molecule has 5 heteroatoms. The highest BCUT2D eigenvalue weighted by molar-refractivity contribution is 9.10. The molecule has 0 radical (unpaired) electrons. The fourth-order valence-corrected chi connectivity index (χ4v) is 2.03. The zero-order valence-electron chi connectivity index (χ0n) is 11.0. The second kappa shape index (κ2) is 7.61. The SMILES string of the molecule is COc1cc(Br)c(CNCCC(C)O)cc1OC. The van der Waals surface area contributed by atoms with E-state index in [-0.39, 0.29) is 6.10 Å². The number of ether oxygens (including phenoxy) is 2. The van der Waals surface area contributed by atoms with Crippen LogP contribution in [0, 0.1) is 0 Å². The molecule has 0 aliphatic rings. The number of benzene rings is 1. The van der Waals surface area contributed by atoms with Gasteiger partial charge in [0.15, 0.2) is 11.5 Å². The Morgan fingerprint density at radius 2 is 1.89 bits per heavy atom. The third-order valence-electron chi connectivity index (χ3n) is 2.61. The maximum absolute atomic E-state index is 9.17. The van der Waals surface area contributed by atoms with Crippen molar-refractivity contribution in [2.24, 2.45) is 0 Å². The van der Waals surface area contributed by atoms with Crippen molar-refractivity contribution in [3.05, 3.63) is 22.2 Å². The second-order valence-electron chi connectivity index (χ2n) is 4.11. The van der Waals surface area contributed by atoms with E-state index in [1.54, 1.807) is 21.1 Å². The molecule has 0 aromatic heterocycles. The number of hydrogen-bond donors (Lipinski definition) is 2. The van der Waals surface area contributed by atoms with Crippen LogP contribution in [0.1, 0.15) is 18.9 Å². The quantitative estimate of drug-likeness (QED) is 0.758. The Kier molecular flexibility index (Phi) is 6.46. The Hall–Kier alpha value is -0.780. The second-order valence-corrected chi connectivity index (χ2v) is 4.97. The molecule has 1 unspecified atom stereocenters. The fourth-order valence-electron chi connectivity index (χ4n) is 1.57. The van der Waals surface area contributed by atoms with E-state index < -0.39 is 0 Å². The largest absolute Gasteiger partial charge is 0.493 e. The number of methoxy groups -OCH3 is 2. The van der Waals surface area contributed by atoms with Crippen molar-refractivity contribution in [3.8, 4) is 11.5 Å². The van der Waals surface area contributed by atoms with Crippen molar-refractivity contribution in [2.75, 3.05) is 20.8 Å². The number of halogens is 1. The molecule has 0 saturated carbocycles. The van der Waals surface area contributed by atoms with Crippen LogP contribution in [0.4, 0.5) is 0 Å². The number of rotatable bonds is 7. The first-order valence-electron chi connectivity index (χ1n) is 5.87. The molecule has 0 aliphatic carbocycles. The molecule has 1 rings (SSSR count). The van der Waals surface area contributed by atoms with Crippen LogP contribution < -0.4 is 14.8 Å². The fraction of sp³-hybridized carbons (Fsp3) is 0.538. The minimum absolute atomic E-state index is 0.272. The molecule has 18 heavy (non-hydrogen) atoms. The minimum Gasteiger partial charge on any atom is -0.493 e. The van der Waals surface area contributed by atoms with E-state index in [4.69, 9.17) is 14.6 Å². The topological polar surface area (TPSA) is 50.7 Å². The Bertz CT molecular complexity index is 383. The van der Waals surface area contributed by atoms with Crippen LogP contribution in [0.3, 0.4) is 0 Å². The number of nitrogens with one attached hydrogen (secondary N) is 1. The molecule has 2 N–H and O–H groups in total. The maximum atomic E-state index is 9.17. The normalized spacial score (nSPS) is 12.3. The van der Waals surface area contributed by atoms with Gasteiger partial charge in [-0.05, 0) is 37.6 Å². The van der Waals surface area contributed by atoms with E-state index in [1.165, 1.54) is 0 Å². The summed E-state index contributed by atoms with van der Waals surface area (Å²) < 4.78 is 11.5. The summed E-state index contributed by atoms with van der Waals surface area (Å²) in [6.45, 7) is 3.28. The van der Waals surface area contributed by atoms with Crippen LogP contribution >= 0.6 is 15.9 Å². The van der Waals surface area contributed by atoms with Gasteiger partial charge in [0.1, 0.15) is 0 Å². The standard InChI is InChI=1S/C13H20BrNO3/c1-9(16)4-5-15-8-10-6-12(17-2)13(18-3)7-11(10)14/h6-7,9,15-16H,4-5,8H2,1-3H3. The smallest absolute Gasteiger partial charge is 0.161 e. The van der Waals surface area contributed by atoms with Gasteiger partial charge in [-0.15, -0.1) is 0 Å². The average molecular weight is 318 g/mol. The zero-order valence-corrected chi connectivity index (χ0v) is 12.6. The lowest BCUT2D eigenvalue weighted by atomic mass is 10.2. The third kappa shape index (κ3) is 4.48. The lowest BCUT2D eigenvalue weighted by molar-refractivity contribution is 0.183. The van der Waals surface area contributed by atoms with E-state index in [1.807, 2.05) is 12.1 Å². The number of aliphatic hydroxyl groups is 1. The van der Waals surface area contributed by atoms with Crippen LogP contribution in [0.5, 0.6) is 11.5 Å². The lowest BCUT2D eigenvalue weighted by Gasteiger charge is -2.13. The molecular weight excluding hydrogens is 298 g/mol. The molecule has 0 spiro atoms. The highest BCUT2D eigenvalue weighted by Crippen LogP contribution is 2.33. The van der Waals surface area contributed by atoms with Gasteiger partial charge in [-0.2, -0.15) is 0 Å². The van der Waals surface area contributed by atoms with Gasteiger partial charge in [-0.1, -0.05) is 15.9 Å². The molecule has 1 aromatic rings. The van der Waals surface area contributed by atoms with E-state index in [9.17, 15) is 0 Å². The van der Waals surface area contributed by atoms with E-state index in [0.29, 0.717) is 18.0 Å². The van der Waals surface area contributed by atoms with Gasteiger partial charge in [0.25, 0.3) is 0 Å². The lowest BCUT2D eigenvalue weighted by Crippen LogP contribution is -2.18. The molecule has 4 nitrogen and oxygen atoms in total. The van der Waals surface area contributed by atoms with E-state index in [2.05, 4.69) is 21.2 Å². The molecule has 0 heterocycles. The van der Waals surface area contributed by atoms with Crippen molar-refractivity contribution in [2.45, 2.75) is 26.0 Å². The number of aliphatic hydroxyl groups excluding tert-OH is 1. The molecule has 1 aromatic carbocycles. The molecule has 1 atom stereocenters. The maximum Gasteiger partial charge on any atom is 0.161 e. The molecule has 0 amide bonds. The predicted octanol–water partition coefficient (Wildman–Crippen LogP) is 2.33. The summed E-state index contributed by atoms with van der Waals surface area (Å²) in [6.07, 6.45) is 0.469. The summed E-state index contributed by atoms with van der Waals surface area (Å²) >= 11 is 3.51. The Morgan fingerprint density at radius 1 is 1.28 bits per heavy atom. The number of hydrogen-bond acceptors (Lipinski definition) is 4.